The van der Waals surface area contributed by atoms with Crippen molar-refractivity contribution in [2.45, 2.75) is 68.8 Å². The number of amides is 1. The summed E-state index contributed by atoms with van der Waals surface area (Å²) in [5, 5.41) is 10.9. The lowest BCUT2D eigenvalue weighted by Crippen LogP contribution is -2.50. The van der Waals surface area contributed by atoms with E-state index in [4.69, 9.17) is 16.6 Å². The highest BCUT2D eigenvalue weighted by atomic mass is 35.5. The maximum Gasteiger partial charge on any atom is 0.431 e. The zero-order chi connectivity index (χ0) is 44.6. The zero-order valence-corrected chi connectivity index (χ0v) is 35.1. The predicted molar refractivity (Wildman–Crippen MR) is 215 cm³/mol. The number of halogens is 11. The van der Waals surface area contributed by atoms with Gasteiger partial charge in [-0.1, -0.05) is 42.5 Å². The van der Waals surface area contributed by atoms with Crippen LogP contribution in [0.5, 0.6) is 0 Å². The number of rotatable bonds is 11. The molecule has 6 unspecified atom stereocenters. The van der Waals surface area contributed by atoms with Gasteiger partial charge in [0.1, 0.15) is 42.2 Å². The van der Waals surface area contributed by atoms with Crippen molar-refractivity contribution >= 4 is 63.7 Å². The lowest BCUT2D eigenvalue weighted by atomic mass is 9.89. The molecule has 2 saturated carbocycles. The Balaban J connectivity index is 1.39. The third-order valence-corrected chi connectivity index (χ3v) is 13.0. The number of hydrazone groups is 1. The van der Waals surface area contributed by atoms with E-state index in [1.165, 1.54) is 43.0 Å². The Labute approximate surface area is 356 Å². The first-order valence-electron chi connectivity index (χ1n) is 18.6. The van der Waals surface area contributed by atoms with Crippen LogP contribution in [0.4, 0.5) is 49.7 Å². The molecule has 2 fully saturated rings. The largest absolute Gasteiger partial charge is 0.431 e. The maximum absolute atomic E-state index is 15.7. The second kappa shape index (κ2) is 16.1. The minimum Gasteiger partial charge on any atom is -0.346 e. The van der Waals surface area contributed by atoms with Gasteiger partial charge >= 0.3 is 12.4 Å². The normalized spacial score (nSPS) is 22.3. The number of hydrogen-bond donors (Lipinski definition) is 2. The van der Waals surface area contributed by atoms with E-state index in [0.717, 1.165) is 24.1 Å². The summed E-state index contributed by atoms with van der Waals surface area (Å²) in [6, 6.07) is 4.75. The number of pyridine rings is 1. The number of aromatic nitrogens is 3. The average molecular weight is 920 g/mol. The van der Waals surface area contributed by atoms with Gasteiger partial charge in [-0.15, -0.1) is 11.8 Å². The molecule has 2 aromatic carbocycles. The van der Waals surface area contributed by atoms with E-state index in [0.29, 0.717) is 15.8 Å². The van der Waals surface area contributed by atoms with Crippen LogP contribution in [0.2, 0.25) is 5.02 Å². The standard InChI is InChI=1S/C40H36ClF10N7OS2/c1-18-28-30-34(40(49,50)51)54-57(35(30)39(47,48)31(18)28)16-27(59)53-26(14-19-12-20(42)15-21(43)13-19)32-23(7-6-22(52-32)10-11-37(2,3)60-4)24-8-9-25(41)29-33(24)58(17-38(44,45)46)55-36(29)56-61-5/h6-9,12-13,15,18,26,28,30-31,35H,14,16-17H2,1-5H3,(H,53,59)(H,55,56). The molecule has 61 heavy (non-hydrogen) atoms. The van der Waals surface area contributed by atoms with Gasteiger partial charge < -0.3 is 10.0 Å². The number of nitrogens with zero attached hydrogens (tertiary/aromatic N) is 5. The summed E-state index contributed by atoms with van der Waals surface area (Å²) in [5.41, 5.74) is -1.41. The van der Waals surface area contributed by atoms with Crippen LogP contribution in [0.15, 0.2) is 47.6 Å². The van der Waals surface area contributed by atoms with E-state index < -0.39 is 102 Å². The zero-order valence-electron chi connectivity index (χ0n) is 32.7. The third kappa shape index (κ3) is 8.83. The number of carbonyl (C=O) groups excluding carboxylic acids is 1. The summed E-state index contributed by atoms with van der Waals surface area (Å²) in [6.07, 6.45) is -6.85. The molecule has 2 N–H and O–H groups in total. The molecule has 1 amide bonds. The smallest absolute Gasteiger partial charge is 0.346 e. The first kappa shape index (κ1) is 44.7. The van der Waals surface area contributed by atoms with Gasteiger partial charge in [-0.25, -0.2) is 22.5 Å². The minimum atomic E-state index is -5.07. The van der Waals surface area contributed by atoms with Crippen molar-refractivity contribution in [1.29, 1.82) is 0 Å². The van der Waals surface area contributed by atoms with Crippen LogP contribution >= 0.6 is 35.3 Å². The van der Waals surface area contributed by atoms with Crippen molar-refractivity contribution in [2.75, 3.05) is 23.8 Å². The number of thioether (sulfide) groups is 1. The predicted octanol–water partition coefficient (Wildman–Crippen LogP) is 9.92. The van der Waals surface area contributed by atoms with Crippen molar-refractivity contribution < 1.29 is 48.7 Å². The molecular weight excluding hydrogens is 884 g/mol. The van der Waals surface area contributed by atoms with Gasteiger partial charge in [-0.3, -0.25) is 14.5 Å². The molecule has 2 aromatic heterocycles. The summed E-state index contributed by atoms with van der Waals surface area (Å²) in [7, 11) is 0. The molecule has 3 heterocycles. The molecule has 21 heteroatoms. The fourth-order valence-electron chi connectivity index (χ4n) is 8.48. The van der Waals surface area contributed by atoms with E-state index >= 15 is 8.78 Å². The molecule has 7 rings (SSSR count). The number of benzene rings is 2. The van der Waals surface area contributed by atoms with Crippen molar-refractivity contribution in [3.05, 3.63) is 76.1 Å². The second-order valence-corrected chi connectivity index (χ2v) is 18.1. The van der Waals surface area contributed by atoms with E-state index in [1.54, 1.807) is 6.26 Å². The number of nitrogens with one attached hydrogen (secondary N) is 2. The molecule has 3 aliphatic rings. The Bertz CT molecular complexity index is 2460. The summed E-state index contributed by atoms with van der Waals surface area (Å²) < 4.78 is 149. The molecule has 326 valence electrons. The number of anilines is 1. The summed E-state index contributed by atoms with van der Waals surface area (Å²) >= 11 is 9.04. The number of fused-ring (bicyclic) bond motifs is 4. The van der Waals surface area contributed by atoms with Crippen molar-refractivity contribution in [3.8, 4) is 23.0 Å². The fraction of sp³-hybridized carbons (Fsp3) is 0.450. The van der Waals surface area contributed by atoms with Crippen LogP contribution < -0.4 is 10.0 Å². The second-order valence-electron chi connectivity index (χ2n) is 15.6. The first-order valence-corrected chi connectivity index (χ1v) is 21.5. The highest BCUT2D eigenvalue weighted by Gasteiger charge is 2.80. The molecule has 6 atom stereocenters. The molecule has 0 bridgehead atoms. The van der Waals surface area contributed by atoms with Gasteiger partial charge in [-0.2, -0.15) is 36.5 Å². The van der Waals surface area contributed by atoms with Crippen molar-refractivity contribution in [2.24, 2.45) is 28.8 Å². The number of alkyl halides is 8. The molecular formula is C40H36ClF10N7OS2. The molecule has 4 aromatic rings. The number of carbonyl (C=O) groups is 1. The van der Waals surface area contributed by atoms with Crippen molar-refractivity contribution in [1.82, 2.24) is 25.1 Å². The van der Waals surface area contributed by atoms with Crippen LogP contribution in [0.25, 0.3) is 22.0 Å². The van der Waals surface area contributed by atoms with Crippen LogP contribution in [0.1, 0.15) is 43.8 Å². The summed E-state index contributed by atoms with van der Waals surface area (Å²) in [5.74, 6) is -5.44. The van der Waals surface area contributed by atoms with E-state index in [2.05, 4.69) is 32.1 Å². The molecule has 0 radical (unpaired) electrons. The van der Waals surface area contributed by atoms with E-state index in [1.807, 2.05) is 20.1 Å². The summed E-state index contributed by atoms with van der Waals surface area (Å²) in [6.45, 7) is 2.47. The third-order valence-electron chi connectivity index (χ3n) is 11.1. The van der Waals surface area contributed by atoms with Gasteiger partial charge in [0, 0.05) is 35.3 Å². The highest BCUT2D eigenvalue weighted by molar-refractivity contribution is 8.00. The van der Waals surface area contributed by atoms with Gasteiger partial charge in [0.25, 0.3) is 5.92 Å². The maximum atomic E-state index is 15.7. The molecule has 2 aliphatic carbocycles. The summed E-state index contributed by atoms with van der Waals surface area (Å²) in [4.78, 5) is 18.8. The Hall–Kier alpha value is -4.35. The van der Waals surface area contributed by atoms with Gasteiger partial charge in [0.15, 0.2) is 5.82 Å². The minimum absolute atomic E-state index is 0.00609. The number of hydrogen-bond acceptors (Lipinski definition) is 8. The fourth-order valence-corrected chi connectivity index (χ4v) is 9.21. The van der Waals surface area contributed by atoms with Crippen LogP contribution in [0.3, 0.4) is 0 Å². The molecule has 1 aliphatic heterocycles. The Morgan fingerprint density at radius 1 is 1.02 bits per heavy atom. The van der Waals surface area contributed by atoms with E-state index in [-0.39, 0.29) is 49.8 Å². The van der Waals surface area contributed by atoms with Crippen LogP contribution in [0, 0.1) is 47.1 Å². The lowest BCUT2D eigenvalue weighted by Gasteiger charge is -2.31. The van der Waals surface area contributed by atoms with Gasteiger partial charge in [-0.05, 0) is 80.2 Å². The Kier molecular flexibility index (Phi) is 11.8. The van der Waals surface area contributed by atoms with Crippen LogP contribution in [-0.4, -0.2) is 79.5 Å². The Morgan fingerprint density at radius 3 is 2.31 bits per heavy atom. The highest BCUT2D eigenvalue weighted by Crippen LogP contribution is 2.70. The van der Waals surface area contributed by atoms with Crippen LogP contribution in [-0.2, 0) is 17.8 Å². The quantitative estimate of drug-likeness (QED) is 0.0881. The lowest BCUT2D eigenvalue weighted by molar-refractivity contribution is -0.141. The topological polar surface area (TPSA) is 87.4 Å². The van der Waals surface area contributed by atoms with Gasteiger partial charge in [0.05, 0.1) is 32.4 Å². The average Bonchev–Trinajstić information content (AvgIpc) is 3.37. The molecule has 0 saturated heterocycles. The molecule has 8 nitrogen and oxygen atoms in total. The first-order chi connectivity index (χ1) is 28.4. The SMILES string of the molecule is CSNc1nn(CC(F)(F)F)c2c(-c3ccc(C#CC(C)(C)SC)nc3C(Cc3cc(F)cc(F)c3)NC(=O)CN3N=C(C(F)(F)F)C4C5C(C)C5C(F)(F)C43)ccc(Cl)c12. The monoisotopic (exact) mass is 919 g/mol. The molecule has 0 spiro atoms. The Morgan fingerprint density at radius 2 is 1.69 bits per heavy atom. The van der Waals surface area contributed by atoms with Gasteiger partial charge in [0.2, 0.25) is 5.91 Å². The van der Waals surface area contributed by atoms with E-state index in [9.17, 15) is 39.9 Å². The van der Waals surface area contributed by atoms with Crippen molar-refractivity contribution in [3.63, 3.8) is 0 Å².